The highest BCUT2D eigenvalue weighted by Crippen LogP contribution is 2.29. The molecule has 1 fully saturated rings. The second kappa shape index (κ2) is 6.57. The molecule has 1 aromatic rings. The van der Waals surface area contributed by atoms with Crippen LogP contribution in [0.15, 0.2) is 17.4 Å². The van der Waals surface area contributed by atoms with Crippen LogP contribution >= 0.6 is 0 Å². The molecular formula is C11H16F2N6O2. The Bertz CT molecular complexity index is 529. The van der Waals surface area contributed by atoms with Gasteiger partial charge in [-0.15, -0.1) is 0 Å². The fourth-order valence-electron chi connectivity index (χ4n) is 1.88. The topological polar surface area (TPSA) is 111 Å². The maximum atomic E-state index is 12.7. The first kappa shape index (κ1) is 15.3. The van der Waals surface area contributed by atoms with Crippen molar-refractivity contribution in [1.29, 1.82) is 0 Å². The summed E-state index contributed by atoms with van der Waals surface area (Å²) in [7, 11) is 0. The minimum Gasteiger partial charge on any atom is -0.310 e. The van der Waals surface area contributed by atoms with Crippen LogP contribution in [0.25, 0.3) is 0 Å². The summed E-state index contributed by atoms with van der Waals surface area (Å²) in [6.45, 7) is 0.503. The van der Waals surface area contributed by atoms with Crippen molar-refractivity contribution in [3.05, 3.63) is 22.5 Å². The number of alkyl halides is 2. The van der Waals surface area contributed by atoms with Gasteiger partial charge in [-0.25, -0.2) is 14.6 Å². The van der Waals surface area contributed by atoms with Crippen LogP contribution in [0.4, 0.5) is 14.5 Å². The molecule has 1 aromatic heterocycles. The van der Waals surface area contributed by atoms with Crippen LogP contribution in [0, 0.1) is 16.0 Å². The fourth-order valence-corrected chi connectivity index (χ4v) is 1.88. The molecule has 0 saturated heterocycles. The minimum absolute atomic E-state index is 0.153. The minimum atomic E-state index is -2.61. The van der Waals surface area contributed by atoms with Crippen LogP contribution in [-0.4, -0.2) is 33.5 Å². The molecule has 3 N–H and O–H groups in total. The summed E-state index contributed by atoms with van der Waals surface area (Å²) in [5, 5.41) is 14.4. The van der Waals surface area contributed by atoms with Gasteiger partial charge in [-0.3, -0.25) is 19.8 Å². The zero-order chi connectivity index (χ0) is 15.4. The lowest BCUT2D eigenvalue weighted by atomic mass is 10.2. The standard InChI is InChI=1S/C11H16F2N6O2/c12-10(13)3-9(11(17-14)15-4-7-1-2-7)18-6-8(5-16-18)19(20)21/h5-7,9-10H,1-4,14H2,(H,15,17). The Balaban J connectivity index is 2.21. The number of aromatic nitrogens is 2. The molecule has 0 bridgehead atoms. The molecule has 2 rings (SSSR count). The van der Waals surface area contributed by atoms with Crippen LogP contribution in [0.1, 0.15) is 25.3 Å². The van der Waals surface area contributed by atoms with Gasteiger partial charge in [0.2, 0.25) is 6.43 Å². The molecule has 1 saturated carbocycles. The van der Waals surface area contributed by atoms with Crippen molar-refractivity contribution in [2.45, 2.75) is 31.7 Å². The number of nitrogens with two attached hydrogens (primary N) is 1. The number of aliphatic imine (C=N–C) groups is 1. The van der Waals surface area contributed by atoms with Gasteiger partial charge in [-0.2, -0.15) is 5.10 Å². The molecule has 0 spiro atoms. The average Bonchev–Trinajstić information content (AvgIpc) is 3.12. The predicted molar refractivity (Wildman–Crippen MR) is 70.9 cm³/mol. The van der Waals surface area contributed by atoms with E-state index in [0.29, 0.717) is 12.5 Å². The van der Waals surface area contributed by atoms with Crippen LogP contribution in [0.5, 0.6) is 0 Å². The Morgan fingerprint density at radius 1 is 1.67 bits per heavy atom. The van der Waals surface area contributed by atoms with E-state index in [4.69, 9.17) is 5.84 Å². The Labute approximate surface area is 119 Å². The van der Waals surface area contributed by atoms with Crippen molar-refractivity contribution in [1.82, 2.24) is 15.2 Å². The Hall–Kier alpha value is -2.10. The smallest absolute Gasteiger partial charge is 0.307 e. The van der Waals surface area contributed by atoms with E-state index in [0.717, 1.165) is 29.9 Å². The molecule has 0 amide bonds. The van der Waals surface area contributed by atoms with Gasteiger partial charge in [-0.1, -0.05) is 0 Å². The van der Waals surface area contributed by atoms with Crippen molar-refractivity contribution in [2.75, 3.05) is 6.54 Å². The second-order valence-corrected chi connectivity index (χ2v) is 4.89. The number of nitrogens with one attached hydrogen (secondary N) is 1. The van der Waals surface area contributed by atoms with Gasteiger partial charge in [0.05, 0.1) is 4.92 Å². The largest absolute Gasteiger partial charge is 0.310 e. The number of amidine groups is 1. The normalized spacial score (nSPS) is 17.0. The molecule has 0 aromatic carbocycles. The highest BCUT2D eigenvalue weighted by Gasteiger charge is 2.26. The number of hydrogen-bond acceptors (Lipinski definition) is 5. The van der Waals surface area contributed by atoms with Crippen LogP contribution in [-0.2, 0) is 0 Å². The number of hydrazine groups is 1. The van der Waals surface area contributed by atoms with Gasteiger partial charge in [0.15, 0.2) is 0 Å². The third-order valence-electron chi connectivity index (χ3n) is 3.20. The van der Waals surface area contributed by atoms with Gasteiger partial charge in [0.25, 0.3) is 0 Å². The van der Waals surface area contributed by atoms with E-state index in [1.807, 2.05) is 0 Å². The number of halogens is 2. The van der Waals surface area contributed by atoms with E-state index >= 15 is 0 Å². The number of nitro groups is 1. The Kier molecular flexibility index (Phi) is 4.78. The Morgan fingerprint density at radius 2 is 2.38 bits per heavy atom. The molecule has 1 aliphatic rings. The van der Waals surface area contributed by atoms with Crippen molar-refractivity contribution in [3.8, 4) is 0 Å². The third-order valence-corrected chi connectivity index (χ3v) is 3.20. The summed E-state index contributed by atoms with van der Waals surface area (Å²) in [4.78, 5) is 14.2. The Morgan fingerprint density at radius 3 is 2.86 bits per heavy atom. The van der Waals surface area contributed by atoms with E-state index < -0.39 is 23.8 Å². The van der Waals surface area contributed by atoms with Gasteiger partial charge in [0.1, 0.15) is 24.3 Å². The molecule has 10 heteroatoms. The van der Waals surface area contributed by atoms with Crippen LogP contribution < -0.4 is 11.3 Å². The van der Waals surface area contributed by atoms with E-state index in [2.05, 4.69) is 15.5 Å². The predicted octanol–water partition coefficient (Wildman–Crippen LogP) is 1.26. The van der Waals surface area contributed by atoms with E-state index in [-0.39, 0.29) is 11.5 Å². The maximum absolute atomic E-state index is 12.7. The summed E-state index contributed by atoms with van der Waals surface area (Å²) in [6.07, 6.45) is 1.04. The van der Waals surface area contributed by atoms with Crippen LogP contribution in [0.2, 0.25) is 0 Å². The lowest BCUT2D eigenvalue weighted by Gasteiger charge is -2.19. The maximum Gasteiger partial charge on any atom is 0.307 e. The van der Waals surface area contributed by atoms with E-state index in [9.17, 15) is 18.9 Å². The summed E-state index contributed by atoms with van der Waals surface area (Å²) in [6, 6.07) is -0.956. The van der Waals surface area contributed by atoms with Gasteiger partial charge in [-0.05, 0) is 18.8 Å². The van der Waals surface area contributed by atoms with Crippen LogP contribution in [0.3, 0.4) is 0 Å². The SMILES string of the molecule is NNC(=NCC1CC1)C(CC(F)F)n1cc([N+](=O)[O-])cn1. The summed E-state index contributed by atoms with van der Waals surface area (Å²) >= 11 is 0. The van der Waals surface area contributed by atoms with Gasteiger partial charge >= 0.3 is 5.69 Å². The van der Waals surface area contributed by atoms with E-state index in [1.54, 1.807) is 0 Å². The highest BCUT2D eigenvalue weighted by atomic mass is 19.3. The summed E-state index contributed by atoms with van der Waals surface area (Å²) < 4.78 is 26.6. The van der Waals surface area contributed by atoms with Crippen molar-refractivity contribution in [3.63, 3.8) is 0 Å². The third kappa shape index (κ3) is 4.18. The molecule has 8 nitrogen and oxygen atoms in total. The monoisotopic (exact) mass is 302 g/mol. The quantitative estimate of drug-likeness (QED) is 0.259. The number of nitrogens with zero attached hydrogens (tertiary/aromatic N) is 4. The summed E-state index contributed by atoms with van der Waals surface area (Å²) in [5.74, 6) is 5.98. The molecule has 1 atom stereocenters. The zero-order valence-corrected chi connectivity index (χ0v) is 11.2. The summed E-state index contributed by atoms with van der Waals surface area (Å²) in [5.41, 5.74) is 2.04. The van der Waals surface area contributed by atoms with Crippen molar-refractivity contribution < 1.29 is 13.7 Å². The molecule has 1 aliphatic carbocycles. The molecule has 0 radical (unpaired) electrons. The fraction of sp³-hybridized carbons (Fsp3) is 0.636. The molecule has 1 unspecified atom stereocenters. The molecule has 0 aliphatic heterocycles. The lowest BCUT2D eigenvalue weighted by Crippen LogP contribution is -2.39. The molecule has 21 heavy (non-hydrogen) atoms. The first-order valence-electron chi connectivity index (χ1n) is 6.49. The molecular weight excluding hydrogens is 286 g/mol. The zero-order valence-electron chi connectivity index (χ0n) is 11.2. The lowest BCUT2D eigenvalue weighted by molar-refractivity contribution is -0.385. The molecule has 1 heterocycles. The van der Waals surface area contributed by atoms with Gasteiger partial charge in [0, 0.05) is 13.0 Å². The number of hydrogen-bond donors (Lipinski definition) is 2. The first-order valence-corrected chi connectivity index (χ1v) is 6.49. The van der Waals surface area contributed by atoms with E-state index in [1.165, 1.54) is 0 Å². The van der Waals surface area contributed by atoms with Crippen molar-refractivity contribution >= 4 is 11.5 Å². The van der Waals surface area contributed by atoms with Gasteiger partial charge < -0.3 is 5.43 Å². The highest BCUT2D eigenvalue weighted by molar-refractivity contribution is 5.85. The molecule has 116 valence electrons. The average molecular weight is 302 g/mol. The van der Waals surface area contributed by atoms with Crippen molar-refractivity contribution in [2.24, 2.45) is 16.8 Å². The second-order valence-electron chi connectivity index (χ2n) is 4.89. The first-order chi connectivity index (χ1) is 10.0. The number of rotatable bonds is 7.